The molecule has 0 aliphatic heterocycles. The standard InChI is InChI=1S/C19H22Cl2N2O/c1-11(19-8-12-4-13(9-19)6-14(5-12)10-19)22-23-18(24)15-2-3-16(20)17(21)7-15/h2-3,7,12-14H,4-6,8-10H2,1H3,(H,23,24)/b22-11+. The highest BCUT2D eigenvalue weighted by atomic mass is 35.5. The Balaban J connectivity index is 1.49. The summed E-state index contributed by atoms with van der Waals surface area (Å²) in [6.45, 7) is 2.09. The summed E-state index contributed by atoms with van der Waals surface area (Å²) < 4.78 is 0. The van der Waals surface area contributed by atoms with E-state index in [0.717, 1.165) is 23.5 Å². The molecule has 24 heavy (non-hydrogen) atoms. The lowest BCUT2D eigenvalue weighted by Crippen LogP contribution is -2.49. The fraction of sp³-hybridized carbons (Fsp3) is 0.579. The lowest BCUT2D eigenvalue weighted by molar-refractivity contribution is -0.0128. The van der Waals surface area contributed by atoms with Gasteiger partial charge in [0.25, 0.3) is 5.91 Å². The van der Waals surface area contributed by atoms with E-state index in [1.807, 2.05) is 0 Å². The van der Waals surface area contributed by atoms with Crippen LogP contribution in [0.25, 0.3) is 0 Å². The molecule has 4 fully saturated rings. The molecular weight excluding hydrogens is 343 g/mol. The molecule has 5 heteroatoms. The van der Waals surface area contributed by atoms with E-state index in [9.17, 15) is 4.79 Å². The highest BCUT2D eigenvalue weighted by molar-refractivity contribution is 6.42. The Morgan fingerprint density at radius 1 is 1.08 bits per heavy atom. The molecular formula is C19H22Cl2N2O. The van der Waals surface area contributed by atoms with Gasteiger partial charge in [0.15, 0.2) is 0 Å². The number of hydrogen-bond acceptors (Lipinski definition) is 2. The number of carbonyl (C=O) groups is 1. The Morgan fingerprint density at radius 3 is 2.21 bits per heavy atom. The van der Waals surface area contributed by atoms with Gasteiger partial charge in [-0.2, -0.15) is 5.10 Å². The Hall–Kier alpha value is -1.06. The Labute approximate surface area is 152 Å². The van der Waals surface area contributed by atoms with E-state index in [4.69, 9.17) is 23.2 Å². The monoisotopic (exact) mass is 364 g/mol. The first-order valence-electron chi connectivity index (χ1n) is 8.75. The van der Waals surface area contributed by atoms with Crippen molar-refractivity contribution >= 4 is 34.8 Å². The average molecular weight is 365 g/mol. The van der Waals surface area contributed by atoms with Gasteiger partial charge in [0.2, 0.25) is 0 Å². The zero-order valence-electron chi connectivity index (χ0n) is 13.8. The van der Waals surface area contributed by atoms with Crippen molar-refractivity contribution in [1.82, 2.24) is 5.43 Å². The topological polar surface area (TPSA) is 41.5 Å². The number of nitrogens with zero attached hydrogens (tertiary/aromatic N) is 1. The second-order valence-electron chi connectivity index (χ2n) is 7.96. The minimum Gasteiger partial charge on any atom is -0.267 e. The second-order valence-corrected chi connectivity index (χ2v) is 8.78. The second kappa shape index (κ2) is 6.03. The third kappa shape index (κ3) is 2.86. The molecule has 1 aromatic carbocycles. The summed E-state index contributed by atoms with van der Waals surface area (Å²) in [5, 5.41) is 5.31. The van der Waals surface area contributed by atoms with Gasteiger partial charge in [0.1, 0.15) is 0 Å². The van der Waals surface area contributed by atoms with Crippen LogP contribution in [0.1, 0.15) is 55.8 Å². The van der Waals surface area contributed by atoms with Crippen molar-refractivity contribution < 1.29 is 4.79 Å². The number of amides is 1. The summed E-state index contributed by atoms with van der Waals surface area (Å²) in [6.07, 6.45) is 7.96. The zero-order chi connectivity index (χ0) is 16.9. The van der Waals surface area contributed by atoms with Crippen LogP contribution in [0.5, 0.6) is 0 Å². The molecule has 0 saturated heterocycles. The van der Waals surface area contributed by atoms with Crippen molar-refractivity contribution in [3.63, 3.8) is 0 Å². The maximum atomic E-state index is 12.3. The van der Waals surface area contributed by atoms with E-state index in [1.165, 1.54) is 38.5 Å². The van der Waals surface area contributed by atoms with Gasteiger partial charge in [-0.05, 0) is 81.4 Å². The first-order chi connectivity index (χ1) is 11.4. The number of rotatable bonds is 3. The molecule has 4 aliphatic rings. The molecule has 128 valence electrons. The fourth-order valence-corrected chi connectivity index (χ4v) is 5.81. The van der Waals surface area contributed by atoms with Crippen molar-refractivity contribution in [2.45, 2.75) is 45.4 Å². The van der Waals surface area contributed by atoms with Gasteiger partial charge in [-0.15, -0.1) is 0 Å². The Bertz CT molecular complexity index is 678. The predicted molar refractivity (Wildman–Crippen MR) is 97.6 cm³/mol. The van der Waals surface area contributed by atoms with Crippen molar-refractivity contribution in [2.24, 2.45) is 28.3 Å². The molecule has 0 radical (unpaired) electrons. The van der Waals surface area contributed by atoms with Gasteiger partial charge < -0.3 is 0 Å². The minimum atomic E-state index is -0.238. The van der Waals surface area contributed by atoms with Gasteiger partial charge in [-0.25, -0.2) is 5.43 Å². The summed E-state index contributed by atoms with van der Waals surface area (Å²) in [5.41, 5.74) is 4.51. The van der Waals surface area contributed by atoms with Crippen LogP contribution in [0.15, 0.2) is 23.3 Å². The largest absolute Gasteiger partial charge is 0.271 e. The van der Waals surface area contributed by atoms with Gasteiger partial charge >= 0.3 is 0 Å². The van der Waals surface area contributed by atoms with Crippen LogP contribution in [-0.4, -0.2) is 11.6 Å². The predicted octanol–water partition coefficient (Wildman–Crippen LogP) is 5.32. The van der Waals surface area contributed by atoms with Crippen molar-refractivity contribution in [3.05, 3.63) is 33.8 Å². The van der Waals surface area contributed by atoms with Crippen LogP contribution in [0.3, 0.4) is 0 Å². The normalized spacial score (nSPS) is 34.5. The molecule has 0 atom stereocenters. The highest BCUT2D eigenvalue weighted by Gasteiger charge is 2.52. The highest BCUT2D eigenvalue weighted by Crippen LogP contribution is 2.60. The Kier molecular flexibility index (Phi) is 4.12. The van der Waals surface area contributed by atoms with Crippen LogP contribution in [-0.2, 0) is 0 Å². The maximum absolute atomic E-state index is 12.3. The van der Waals surface area contributed by atoms with E-state index >= 15 is 0 Å². The van der Waals surface area contributed by atoms with Gasteiger partial charge in [-0.3, -0.25) is 4.79 Å². The Morgan fingerprint density at radius 2 is 1.67 bits per heavy atom. The molecule has 1 amide bonds. The fourth-order valence-electron chi connectivity index (χ4n) is 5.51. The van der Waals surface area contributed by atoms with Gasteiger partial charge in [-0.1, -0.05) is 23.2 Å². The molecule has 1 N–H and O–H groups in total. The van der Waals surface area contributed by atoms with Crippen LogP contribution in [0, 0.1) is 23.2 Å². The molecule has 0 aromatic heterocycles. The van der Waals surface area contributed by atoms with Crippen LogP contribution in [0.4, 0.5) is 0 Å². The molecule has 5 rings (SSSR count). The summed E-state index contributed by atoms with van der Waals surface area (Å²) in [7, 11) is 0. The van der Waals surface area contributed by atoms with Crippen LogP contribution >= 0.6 is 23.2 Å². The molecule has 4 aliphatic carbocycles. The van der Waals surface area contributed by atoms with Crippen molar-refractivity contribution in [2.75, 3.05) is 0 Å². The molecule has 0 spiro atoms. The number of halogens is 2. The quantitative estimate of drug-likeness (QED) is 0.572. The number of benzene rings is 1. The third-order valence-electron chi connectivity index (χ3n) is 6.31. The summed E-state index contributed by atoms with van der Waals surface area (Å²) in [6, 6.07) is 4.88. The van der Waals surface area contributed by atoms with E-state index in [2.05, 4.69) is 17.5 Å². The lowest BCUT2D eigenvalue weighted by atomic mass is 9.48. The molecule has 3 nitrogen and oxygen atoms in total. The number of nitrogens with one attached hydrogen (secondary N) is 1. The van der Waals surface area contributed by atoms with Gasteiger partial charge in [0, 0.05) is 16.7 Å². The van der Waals surface area contributed by atoms with Crippen molar-refractivity contribution in [3.8, 4) is 0 Å². The average Bonchev–Trinajstić information content (AvgIpc) is 2.53. The summed E-state index contributed by atoms with van der Waals surface area (Å²) in [4.78, 5) is 12.3. The lowest BCUT2D eigenvalue weighted by Gasteiger charge is -2.56. The van der Waals surface area contributed by atoms with E-state index < -0.39 is 0 Å². The molecule has 0 heterocycles. The van der Waals surface area contributed by atoms with E-state index in [0.29, 0.717) is 15.6 Å². The van der Waals surface area contributed by atoms with E-state index in [1.54, 1.807) is 18.2 Å². The first-order valence-corrected chi connectivity index (χ1v) is 9.51. The molecule has 1 aromatic rings. The zero-order valence-corrected chi connectivity index (χ0v) is 15.3. The summed E-state index contributed by atoms with van der Waals surface area (Å²) >= 11 is 11.9. The minimum absolute atomic E-state index is 0.222. The van der Waals surface area contributed by atoms with E-state index in [-0.39, 0.29) is 11.3 Å². The molecule has 0 unspecified atom stereocenters. The van der Waals surface area contributed by atoms with Crippen LogP contribution < -0.4 is 5.43 Å². The third-order valence-corrected chi connectivity index (χ3v) is 7.05. The number of hydrogen-bond donors (Lipinski definition) is 1. The SMILES string of the molecule is C/C(=N\NC(=O)c1ccc(Cl)c(Cl)c1)C12CC3CC(CC(C3)C1)C2. The molecule has 4 bridgehead atoms. The van der Waals surface area contributed by atoms with Gasteiger partial charge in [0.05, 0.1) is 10.0 Å². The first kappa shape index (κ1) is 16.4. The van der Waals surface area contributed by atoms with Crippen molar-refractivity contribution in [1.29, 1.82) is 0 Å². The smallest absolute Gasteiger partial charge is 0.267 e. The maximum Gasteiger partial charge on any atom is 0.271 e. The number of carbonyl (C=O) groups excluding carboxylic acids is 1. The van der Waals surface area contributed by atoms with Crippen LogP contribution in [0.2, 0.25) is 10.0 Å². The summed E-state index contributed by atoms with van der Waals surface area (Å²) in [5.74, 6) is 2.36. The molecule has 4 saturated carbocycles. The number of hydrazone groups is 1.